The molecule has 3 N–H and O–H groups in total. The van der Waals surface area contributed by atoms with Crippen LogP contribution in [0.1, 0.15) is 15.9 Å². The summed E-state index contributed by atoms with van der Waals surface area (Å²) < 4.78 is 0. The van der Waals surface area contributed by atoms with Crippen LogP contribution in [-0.2, 0) is 17.1 Å². The number of phenolic OH excluding ortho intramolecular Hbond substituents is 1. The smallest absolute Gasteiger partial charge is 0.507 e. The van der Waals surface area contributed by atoms with Gasteiger partial charge in [0.25, 0.3) is 0 Å². The van der Waals surface area contributed by atoms with Gasteiger partial charge >= 0.3 is 17.1 Å². The number of hydrogen-bond donors (Lipinski definition) is 2. The monoisotopic (exact) mass is 345 g/mol. The molecule has 0 saturated carbocycles. The molecular formula is C19H15FeNO2. The SMILES string of the molecule is Nc1ccc(C(=O)C#Cc2ccc[cH-]2)c(O)c1.[Fe+2].c1cc[cH-]c1. The molecule has 0 fully saturated rings. The van der Waals surface area contributed by atoms with Gasteiger partial charge in [0.15, 0.2) is 0 Å². The molecule has 0 radical (unpaired) electrons. The molecule has 3 rings (SSSR count). The maximum Gasteiger partial charge on any atom is 2.00 e. The van der Waals surface area contributed by atoms with Gasteiger partial charge in [-0.3, -0.25) is 4.79 Å². The van der Waals surface area contributed by atoms with Crippen LogP contribution in [-0.4, -0.2) is 10.9 Å². The third-order valence-corrected chi connectivity index (χ3v) is 2.81. The van der Waals surface area contributed by atoms with E-state index >= 15 is 0 Å². The van der Waals surface area contributed by atoms with Crippen molar-refractivity contribution in [3.63, 3.8) is 0 Å². The Kier molecular flexibility index (Phi) is 7.42. The number of carbonyl (C=O) groups is 1. The Morgan fingerprint density at radius 2 is 1.83 bits per heavy atom. The fraction of sp³-hybridized carbons (Fsp3) is 0. The van der Waals surface area contributed by atoms with Gasteiger partial charge in [-0.25, -0.2) is 12.1 Å². The van der Waals surface area contributed by atoms with Crippen molar-refractivity contribution in [2.45, 2.75) is 0 Å². The molecule has 0 saturated heterocycles. The first-order valence-electron chi connectivity index (χ1n) is 6.70. The summed E-state index contributed by atoms with van der Waals surface area (Å²) in [6, 6.07) is 21.7. The van der Waals surface area contributed by atoms with E-state index in [0.29, 0.717) is 5.69 Å². The average Bonchev–Trinajstić information content (AvgIpc) is 3.21. The molecule has 0 amide bonds. The van der Waals surface area contributed by atoms with Crippen LogP contribution in [0.5, 0.6) is 5.75 Å². The standard InChI is InChI=1S/C14H10NO2.C5H5.Fe/c15-11-6-7-12(14(17)9-11)13(16)8-5-10-3-1-2-4-10;1-2-4-5-3-1;/h1-4,6-7,9,17H,15H2;1-5H;/q2*-1;+2. The number of carbonyl (C=O) groups excluding carboxylic acids is 1. The van der Waals surface area contributed by atoms with Crippen LogP contribution in [0.25, 0.3) is 0 Å². The van der Waals surface area contributed by atoms with Gasteiger partial charge in [-0.05, 0) is 12.1 Å². The zero-order chi connectivity index (χ0) is 15.8. The first-order chi connectivity index (χ1) is 10.7. The van der Waals surface area contributed by atoms with E-state index in [1.54, 1.807) is 6.07 Å². The van der Waals surface area contributed by atoms with E-state index in [-0.39, 0.29) is 28.4 Å². The van der Waals surface area contributed by atoms with E-state index in [1.165, 1.54) is 12.1 Å². The largest absolute Gasteiger partial charge is 2.00 e. The maximum atomic E-state index is 11.7. The van der Waals surface area contributed by atoms with Gasteiger partial charge in [0, 0.05) is 11.8 Å². The molecular weight excluding hydrogens is 330 g/mol. The fourth-order valence-electron chi connectivity index (χ4n) is 1.72. The van der Waals surface area contributed by atoms with Gasteiger partial charge in [0.2, 0.25) is 5.78 Å². The Bertz CT molecular complexity index is 761. The minimum Gasteiger partial charge on any atom is -0.507 e. The first-order valence-corrected chi connectivity index (χ1v) is 6.70. The molecule has 0 atom stereocenters. The summed E-state index contributed by atoms with van der Waals surface area (Å²) in [5, 5.41) is 9.55. The topological polar surface area (TPSA) is 63.3 Å². The summed E-state index contributed by atoms with van der Waals surface area (Å²) in [4.78, 5) is 11.7. The van der Waals surface area contributed by atoms with Crippen molar-refractivity contribution < 1.29 is 27.0 Å². The number of Topliss-reactive ketones (excluding diaryl/α,β-unsaturated/α-hetero) is 1. The Morgan fingerprint density at radius 1 is 1.09 bits per heavy atom. The van der Waals surface area contributed by atoms with Crippen LogP contribution in [0.4, 0.5) is 5.69 Å². The predicted octanol–water partition coefficient (Wildman–Crippen LogP) is 3.33. The molecule has 0 bridgehead atoms. The number of aromatic hydroxyl groups is 1. The molecule has 0 spiro atoms. The third-order valence-electron chi connectivity index (χ3n) is 2.81. The number of hydrogen-bond acceptors (Lipinski definition) is 3. The van der Waals surface area contributed by atoms with E-state index in [9.17, 15) is 9.90 Å². The Labute approximate surface area is 146 Å². The molecule has 0 aliphatic rings. The van der Waals surface area contributed by atoms with Crippen molar-refractivity contribution in [2.75, 3.05) is 5.73 Å². The van der Waals surface area contributed by atoms with Crippen molar-refractivity contribution >= 4 is 11.5 Å². The summed E-state index contributed by atoms with van der Waals surface area (Å²) in [5.74, 6) is 4.62. The number of nitrogen functional groups attached to an aromatic ring is 1. The summed E-state index contributed by atoms with van der Waals surface area (Å²) in [6.07, 6.45) is 0. The van der Waals surface area contributed by atoms with Gasteiger partial charge in [-0.2, -0.15) is 42.3 Å². The van der Waals surface area contributed by atoms with E-state index in [4.69, 9.17) is 5.73 Å². The van der Waals surface area contributed by atoms with Gasteiger partial charge in [0.1, 0.15) is 5.75 Å². The molecule has 23 heavy (non-hydrogen) atoms. The summed E-state index contributed by atoms with van der Waals surface area (Å²) >= 11 is 0. The minimum atomic E-state index is -0.427. The number of nitrogens with two attached hydrogens (primary N) is 1. The van der Waals surface area contributed by atoms with Crippen LogP contribution in [0.2, 0.25) is 0 Å². The second kappa shape index (κ2) is 9.32. The van der Waals surface area contributed by atoms with Crippen LogP contribution in [0.3, 0.4) is 0 Å². The zero-order valence-electron chi connectivity index (χ0n) is 12.2. The molecule has 4 heteroatoms. The Balaban J connectivity index is 0.000000377. The molecule has 3 aromatic carbocycles. The van der Waals surface area contributed by atoms with Crippen molar-refractivity contribution in [3.8, 4) is 17.6 Å². The summed E-state index contributed by atoms with van der Waals surface area (Å²) in [6.45, 7) is 0. The second-order valence-corrected chi connectivity index (χ2v) is 4.49. The molecule has 3 aromatic rings. The summed E-state index contributed by atoms with van der Waals surface area (Å²) in [7, 11) is 0. The van der Waals surface area contributed by atoms with Crippen LogP contribution in [0.15, 0.2) is 72.8 Å². The predicted molar refractivity (Wildman–Crippen MR) is 87.8 cm³/mol. The van der Waals surface area contributed by atoms with E-state index in [2.05, 4.69) is 11.8 Å². The molecule has 0 heterocycles. The third kappa shape index (κ3) is 5.88. The van der Waals surface area contributed by atoms with Crippen LogP contribution >= 0.6 is 0 Å². The van der Waals surface area contributed by atoms with Crippen molar-refractivity contribution in [3.05, 3.63) is 83.9 Å². The van der Waals surface area contributed by atoms with Crippen molar-refractivity contribution in [2.24, 2.45) is 0 Å². The summed E-state index contributed by atoms with van der Waals surface area (Å²) in [5.41, 5.74) is 6.81. The average molecular weight is 345 g/mol. The quantitative estimate of drug-likeness (QED) is 0.234. The first kappa shape index (κ1) is 18.3. The van der Waals surface area contributed by atoms with E-state index in [1.807, 2.05) is 54.6 Å². The number of phenols is 1. The minimum absolute atomic E-state index is 0. The van der Waals surface area contributed by atoms with E-state index in [0.717, 1.165) is 5.56 Å². The number of ketones is 1. The van der Waals surface area contributed by atoms with Gasteiger partial charge in [-0.15, -0.1) is 11.6 Å². The fourth-order valence-corrected chi connectivity index (χ4v) is 1.72. The molecule has 116 valence electrons. The normalized spacial score (nSPS) is 8.70. The molecule has 0 aromatic heterocycles. The van der Waals surface area contributed by atoms with Gasteiger partial charge in [-0.1, -0.05) is 5.92 Å². The van der Waals surface area contributed by atoms with Crippen LogP contribution in [0, 0.1) is 11.8 Å². The Morgan fingerprint density at radius 3 is 2.35 bits per heavy atom. The number of benzene rings is 1. The second-order valence-electron chi connectivity index (χ2n) is 4.49. The molecule has 0 aliphatic carbocycles. The van der Waals surface area contributed by atoms with Gasteiger partial charge < -0.3 is 10.8 Å². The number of rotatable bonds is 1. The molecule has 0 unspecified atom stereocenters. The van der Waals surface area contributed by atoms with E-state index < -0.39 is 5.78 Å². The number of anilines is 1. The maximum absolute atomic E-state index is 11.7. The van der Waals surface area contributed by atoms with Crippen molar-refractivity contribution in [1.29, 1.82) is 0 Å². The zero-order valence-corrected chi connectivity index (χ0v) is 13.3. The molecule has 3 nitrogen and oxygen atoms in total. The van der Waals surface area contributed by atoms with Crippen LogP contribution < -0.4 is 5.73 Å². The Hall–Kier alpha value is -2.73. The van der Waals surface area contributed by atoms with Crippen molar-refractivity contribution in [1.82, 2.24) is 0 Å². The van der Waals surface area contributed by atoms with Gasteiger partial charge in [0.05, 0.1) is 5.56 Å². The molecule has 0 aliphatic heterocycles.